The summed E-state index contributed by atoms with van der Waals surface area (Å²) in [5.74, 6) is -1.14. The van der Waals surface area contributed by atoms with Crippen molar-refractivity contribution in [1.29, 1.82) is 0 Å². The number of phenolic OH excluding ortho intramolecular Hbond substituents is 1. The van der Waals surface area contributed by atoms with Crippen molar-refractivity contribution in [3.8, 4) is 5.75 Å². The molecule has 2 N–H and O–H groups in total. The van der Waals surface area contributed by atoms with E-state index in [1.165, 1.54) is 18.3 Å². The number of fused-ring (bicyclic) bond motifs is 2. The molecule has 0 saturated heterocycles. The van der Waals surface area contributed by atoms with E-state index in [2.05, 4.69) is 30.5 Å². The topological polar surface area (TPSA) is 64.9 Å². The van der Waals surface area contributed by atoms with Gasteiger partial charge < -0.3 is 10.0 Å². The lowest BCUT2D eigenvalue weighted by atomic mass is 9.88. The molecule has 1 heterocycles. The molecule has 0 radical (unpaired) electrons. The van der Waals surface area contributed by atoms with Crippen molar-refractivity contribution in [3.05, 3.63) is 77.1 Å². The monoisotopic (exact) mass is 417 g/mol. The van der Waals surface area contributed by atoms with Gasteiger partial charge in [-0.25, -0.2) is 9.82 Å². The van der Waals surface area contributed by atoms with E-state index in [1.54, 1.807) is 12.1 Å². The summed E-state index contributed by atoms with van der Waals surface area (Å²) in [4.78, 5) is 14.5. The van der Waals surface area contributed by atoms with Crippen molar-refractivity contribution in [2.75, 3.05) is 11.9 Å². The molecule has 1 amide bonds. The number of amides is 1. The summed E-state index contributed by atoms with van der Waals surface area (Å²) in [5, 5.41) is 15.7. The first kappa shape index (κ1) is 20.6. The second-order valence-electron chi connectivity index (χ2n) is 8.35. The first-order valence-electron chi connectivity index (χ1n) is 10.00. The fourth-order valence-corrected chi connectivity index (χ4v) is 3.92. The van der Waals surface area contributed by atoms with Crippen LogP contribution in [0.2, 0.25) is 0 Å². The number of aromatic hydroxyl groups is 1. The molecule has 0 unspecified atom stereocenters. The van der Waals surface area contributed by atoms with Crippen LogP contribution in [0.4, 0.5) is 10.1 Å². The second kappa shape index (κ2) is 7.54. The number of nitrogens with zero attached hydrogens (tertiary/aromatic N) is 2. The second-order valence-corrected chi connectivity index (χ2v) is 8.35. The lowest BCUT2D eigenvalue weighted by Crippen LogP contribution is -2.42. The smallest absolute Gasteiger partial charge is 0.275 e. The molecular formula is C25H24FN3O2. The van der Waals surface area contributed by atoms with E-state index >= 15 is 0 Å². The predicted octanol–water partition coefficient (Wildman–Crippen LogP) is 5.08. The number of carbonyl (C=O) groups is 1. The Morgan fingerprint density at radius 2 is 1.84 bits per heavy atom. The van der Waals surface area contributed by atoms with E-state index in [-0.39, 0.29) is 22.4 Å². The molecule has 0 saturated carbocycles. The molecule has 1 aliphatic rings. The van der Waals surface area contributed by atoms with Gasteiger partial charge in [0.05, 0.1) is 17.3 Å². The number of likely N-dealkylation sites (N-methyl/N-ethyl adjacent to an activating group) is 1. The predicted molar refractivity (Wildman–Crippen MR) is 123 cm³/mol. The zero-order valence-corrected chi connectivity index (χ0v) is 17.9. The van der Waals surface area contributed by atoms with Crippen LogP contribution in [0.3, 0.4) is 0 Å². The molecular weight excluding hydrogens is 393 g/mol. The minimum absolute atomic E-state index is 0.101. The Bertz CT molecular complexity index is 1260. The number of rotatable bonds is 3. The number of carbonyl (C=O) groups excluding carboxylic acids is 1. The summed E-state index contributed by atoms with van der Waals surface area (Å²) in [6.07, 6.45) is 3.41. The molecule has 31 heavy (non-hydrogen) atoms. The van der Waals surface area contributed by atoms with Crippen molar-refractivity contribution in [2.45, 2.75) is 26.3 Å². The van der Waals surface area contributed by atoms with Gasteiger partial charge >= 0.3 is 0 Å². The number of hydrogen-bond donors (Lipinski definition) is 2. The first-order chi connectivity index (χ1) is 14.7. The maximum Gasteiger partial charge on any atom is 0.275 e. The fourth-order valence-electron chi connectivity index (χ4n) is 3.92. The van der Waals surface area contributed by atoms with Crippen LogP contribution < -0.4 is 10.3 Å². The third-order valence-corrected chi connectivity index (χ3v) is 5.81. The Balaban J connectivity index is 1.58. The summed E-state index contributed by atoms with van der Waals surface area (Å²) in [6.45, 7) is 6.14. The van der Waals surface area contributed by atoms with E-state index in [0.717, 1.165) is 27.6 Å². The average Bonchev–Trinajstić information content (AvgIpc) is 2.72. The van der Waals surface area contributed by atoms with Gasteiger partial charge in [-0.15, -0.1) is 0 Å². The third kappa shape index (κ3) is 3.77. The highest BCUT2D eigenvalue weighted by Crippen LogP contribution is 2.38. The van der Waals surface area contributed by atoms with Gasteiger partial charge in [-0.3, -0.25) is 4.79 Å². The first-order valence-corrected chi connectivity index (χ1v) is 10.00. The molecule has 158 valence electrons. The van der Waals surface area contributed by atoms with E-state index < -0.39 is 11.7 Å². The molecule has 5 nitrogen and oxygen atoms in total. The lowest BCUT2D eigenvalue weighted by Gasteiger charge is -2.40. The van der Waals surface area contributed by atoms with Gasteiger partial charge in [0.25, 0.3) is 5.91 Å². The quantitative estimate of drug-likeness (QED) is 0.461. The minimum Gasteiger partial charge on any atom is -0.507 e. The maximum absolute atomic E-state index is 14.7. The molecule has 6 heteroatoms. The van der Waals surface area contributed by atoms with Crippen molar-refractivity contribution < 1.29 is 14.3 Å². The number of anilines is 1. The maximum atomic E-state index is 14.7. The number of benzene rings is 3. The van der Waals surface area contributed by atoms with Crippen LogP contribution in [-0.2, 0) is 0 Å². The van der Waals surface area contributed by atoms with Crippen LogP contribution >= 0.6 is 0 Å². The zero-order valence-electron chi connectivity index (χ0n) is 17.9. The van der Waals surface area contributed by atoms with E-state index in [4.69, 9.17) is 0 Å². The van der Waals surface area contributed by atoms with Crippen LogP contribution in [0.1, 0.15) is 42.3 Å². The van der Waals surface area contributed by atoms with Gasteiger partial charge in [0.15, 0.2) is 0 Å². The number of nitrogens with one attached hydrogen (secondary N) is 1. The highest BCUT2D eigenvalue weighted by molar-refractivity contribution is 6.01. The van der Waals surface area contributed by atoms with Crippen LogP contribution in [0.5, 0.6) is 5.75 Å². The number of hydrazone groups is 1. The molecule has 0 spiro atoms. The molecule has 0 fully saturated rings. The molecule has 3 aromatic rings. The van der Waals surface area contributed by atoms with E-state index in [1.807, 2.05) is 43.1 Å². The normalized spacial score (nSPS) is 15.1. The average molecular weight is 417 g/mol. The largest absolute Gasteiger partial charge is 0.507 e. The van der Waals surface area contributed by atoms with Crippen molar-refractivity contribution in [2.24, 2.45) is 5.10 Å². The Labute approximate surface area is 180 Å². The van der Waals surface area contributed by atoms with Crippen molar-refractivity contribution in [3.63, 3.8) is 0 Å². The molecule has 0 bridgehead atoms. The van der Waals surface area contributed by atoms with Crippen molar-refractivity contribution in [1.82, 2.24) is 5.43 Å². The van der Waals surface area contributed by atoms with Crippen LogP contribution in [0.15, 0.2) is 59.7 Å². The number of allylic oxidation sites excluding steroid dienone is 1. The third-order valence-electron chi connectivity index (χ3n) is 5.81. The lowest BCUT2D eigenvalue weighted by molar-refractivity contribution is 0.0952. The molecule has 1 aliphatic heterocycles. The Kier molecular flexibility index (Phi) is 5.01. The fraction of sp³-hybridized carbons (Fsp3) is 0.200. The van der Waals surface area contributed by atoms with Gasteiger partial charge in [-0.1, -0.05) is 30.3 Å². The zero-order chi connectivity index (χ0) is 22.3. The highest BCUT2D eigenvalue weighted by Gasteiger charge is 2.29. The molecule has 0 aliphatic carbocycles. The molecule has 0 atom stereocenters. The summed E-state index contributed by atoms with van der Waals surface area (Å²) in [6, 6.07) is 13.8. The SMILES string of the molecule is CC1=CC(C)(C)N(C)c2cc(F)c(/C=N\NC(=O)c3cc4ccccc4cc3O)cc21. The number of phenols is 1. The summed E-state index contributed by atoms with van der Waals surface area (Å²) < 4.78 is 14.7. The van der Waals surface area contributed by atoms with Gasteiger partial charge in [0.1, 0.15) is 11.6 Å². The Morgan fingerprint density at radius 3 is 2.55 bits per heavy atom. The van der Waals surface area contributed by atoms with Crippen LogP contribution in [-0.4, -0.2) is 29.8 Å². The van der Waals surface area contributed by atoms with Gasteiger partial charge in [0.2, 0.25) is 0 Å². The van der Waals surface area contributed by atoms with Crippen LogP contribution in [0, 0.1) is 5.82 Å². The van der Waals surface area contributed by atoms with E-state index in [9.17, 15) is 14.3 Å². The van der Waals surface area contributed by atoms with E-state index in [0.29, 0.717) is 0 Å². The van der Waals surface area contributed by atoms with Gasteiger partial charge in [-0.2, -0.15) is 5.10 Å². The molecule has 3 aromatic carbocycles. The number of hydrogen-bond acceptors (Lipinski definition) is 4. The van der Waals surface area contributed by atoms with Gasteiger partial charge in [-0.05, 0) is 61.4 Å². The van der Waals surface area contributed by atoms with Gasteiger partial charge in [0, 0.05) is 23.9 Å². The Morgan fingerprint density at radius 1 is 1.16 bits per heavy atom. The summed E-state index contributed by atoms with van der Waals surface area (Å²) in [5.41, 5.74) is 5.31. The molecule has 4 rings (SSSR count). The summed E-state index contributed by atoms with van der Waals surface area (Å²) in [7, 11) is 1.94. The molecule has 0 aromatic heterocycles. The highest BCUT2D eigenvalue weighted by atomic mass is 19.1. The Hall–Kier alpha value is -3.67. The minimum atomic E-state index is -0.574. The van der Waals surface area contributed by atoms with Crippen LogP contribution in [0.25, 0.3) is 16.3 Å². The number of halogens is 1. The van der Waals surface area contributed by atoms with Crippen molar-refractivity contribution >= 4 is 34.2 Å². The summed E-state index contributed by atoms with van der Waals surface area (Å²) >= 11 is 0. The standard InChI is InChI=1S/C25H24FN3O2/c1-15-13-25(2,3)29(4)22-12-21(26)18(10-19(15)22)14-27-28-24(31)20-9-16-7-5-6-8-17(16)11-23(20)30/h5-14,30H,1-4H3,(H,28,31)/b27-14-.